The number of rotatable bonds is 6. The van der Waals surface area contributed by atoms with E-state index in [9.17, 15) is 14.4 Å². The minimum absolute atomic E-state index is 0.0517. The lowest BCUT2D eigenvalue weighted by Gasteiger charge is -2.36. The third-order valence-corrected chi connectivity index (χ3v) is 5.30. The van der Waals surface area contributed by atoms with Crippen molar-refractivity contribution in [1.29, 1.82) is 0 Å². The molecular weight excluding hydrogens is 388 g/mol. The minimum atomic E-state index is -0.628. The number of carbonyl (C=O) groups excluding carboxylic acids is 3. The van der Waals surface area contributed by atoms with Gasteiger partial charge in [0.1, 0.15) is 5.75 Å². The summed E-state index contributed by atoms with van der Waals surface area (Å²) in [6.07, 6.45) is 0. The summed E-state index contributed by atoms with van der Waals surface area (Å²) in [6.45, 7) is 6.48. The smallest absolute Gasteiger partial charge is 0.338 e. The van der Waals surface area contributed by atoms with Crippen LogP contribution >= 0.6 is 0 Å². The normalized spacial score (nSPS) is 19.8. The predicted octanol–water partition coefficient (Wildman–Crippen LogP) is 1.03. The highest BCUT2D eigenvalue weighted by molar-refractivity contribution is 5.95. The third kappa shape index (κ3) is 4.91. The van der Waals surface area contributed by atoms with Crippen molar-refractivity contribution in [3.8, 4) is 5.75 Å². The Morgan fingerprint density at radius 2 is 1.80 bits per heavy atom. The molecule has 9 heteroatoms. The fraction of sp³-hybridized carbons (Fsp3) is 0.476. The number of urea groups is 1. The standard InChI is InChI=1S/C21H28N4O5/c1-4-30-20(27)18-17(13-24-9-11-25(12-10-24)14(2)26)22-21(28)23-19(18)15-5-7-16(29-3)8-6-15/h5-8,19H,4,9-13H2,1-3H3,(H2,22,23,28)/t19-/m1/s1. The van der Waals surface area contributed by atoms with Crippen LogP contribution in [0.3, 0.4) is 0 Å². The molecule has 1 atom stereocenters. The summed E-state index contributed by atoms with van der Waals surface area (Å²) in [6, 6.07) is 6.20. The van der Waals surface area contributed by atoms with Gasteiger partial charge in [-0.25, -0.2) is 9.59 Å². The highest BCUT2D eigenvalue weighted by atomic mass is 16.5. The summed E-state index contributed by atoms with van der Waals surface area (Å²) in [4.78, 5) is 40.7. The Bertz CT molecular complexity index is 828. The zero-order chi connectivity index (χ0) is 21.7. The number of benzene rings is 1. The van der Waals surface area contributed by atoms with Crippen LogP contribution in [0.1, 0.15) is 25.5 Å². The van der Waals surface area contributed by atoms with Crippen molar-refractivity contribution >= 4 is 17.9 Å². The van der Waals surface area contributed by atoms with Gasteiger partial charge in [0.25, 0.3) is 0 Å². The van der Waals surface area contributed by atoms with Crippen LogP contribution in [0.15, 0.2) is 35.5 Å². The lowest BCUT2D eigenvalue weighted by atomic mass is 9.94. The summed E-state index contributed by atoms with van der Waals surface area (Å²) < 4.78 is 10.5. The molecule has 0 aliphatic carbocycles. The molecule has 30 heavy (non-hydrogen) atoms. The summed E-state index contributed by atoms with van der Waals surface area (Å²) in [7, 11) is 1.58. The molecule has 1 aromatic rings. The third-order valence-electron chi connectivity index (χ3n) is 5.30. The Morgan fingerprint density at radius 1 is 1.13 bits per heavy atom. The molecule has 3 rings (SSSR count). The van der Waals surface area contributed by atoms with Crippen LogP contribution in [-0.2, 0) is 14.3 Å². The van der Waals surface area contributed by atoms with Crippen molar-refractivity contribution in [3.63, 3.8) is 0 Å². The molecule has 0 saturated carbocycles. The van der Waals surface area contributed by atoms with E-state index in [-0.39, 0.29) is 18.5 Å². The van der Waals surface area contributed by atoms with E-state index >= 15 is 0 Å². The Balaban J connectivity index is 1.89. The first-order valence-corrected chi connectivity index (χ1v) is 10.0. The van der Waals surface area contributed by atoms with Gasteiger partial charge in [-0.05, 0) is 24.6 Å². The molecule has 0 aromatic heterocycles. The van der Waals surface area contributed by atoms with Gasteiger partial charge >= 0.3 is 12.0 Å². The highest BCUT2D eigenvalue weighted by Crippen LogP contribution is 2.29. The van der Waals surface area contributed by atoms with Gasteiger partial charge in [0.15, 0.2) is 0 Å². The van der Waals surface area contributed by atoms with E-state index in [1.54, 1.807) is 38.0 Å². The second-order valence-electron chi connectivity index (χ2n) is 7.20. The van der Waals surface area contributed by atoms with Crippen molar-refractivity contribution in [2.24, 2.45) is 0 Å². The average molecular weight is 416 g/mol. The van der Waals surface area contributed by atoms with Gasteiger partial charge in [0.2, 0.25) is 5.91 Å². The Labute approximate surface area is 176 Å². The van der Waals surface area contributed by atoms with Crippen molar-refractivity contribution in [3.05, 3.63) is 41.1 Å². The summed E-state index contributed by atoms with van der Waals surface area (Å²) >= 11 is 0. The van der Waals surface area contributed by atoms with E-state index in [2.05, 4.69) is 15.5 Å². The van der Waals surface area contributed by atoms with E-state index < -0.39 is 12.0 Å². The number of amides is 3. The van der Waals surface area contributed by atoms with E-state index in [1.165, 1.54) is 0 Å². The lowest BCUT2D eigenvalue weighted by Crippen LogP contribution is -2.52. The zero-order valence-corrected chi connectivity index (χ0v) is 17.6. The molecule has 2 N–H and O–H groups in total. The van der Waals surface area contributed by atoms with Gasteiger partial charge in [-0.2, -0.15) is 0 Å². The van der Waals surface area contributed by atoms with Gasteiger partial charge < -0.3 is 25.0 Å². The van der Waals surface area contributed by atoms with E-state index in [1.807, 2.05) is 12.1 Å². The molecular formula is C21H28N4O5. The van der Waals surface area contributed by atoms with Crippen LogP contribution in [0.2, 0.25) is 0 Å². The molecule has 0 bridgehead atoms. The number of nitrogens with one attached hydrogen (secondary N) is 2. The van der Waals surface area contributed by atoms with Crippen molar-refractivity contribution in [1.82, 2.24) is 20.4 Å². The van der Waals surface area contributed by atoms with E-state index in [0.29, 0.717) is 49.7 Å². The molecule has 162 valence electrons. The SMILES string of the molecule is CCOC(=O)C1=C(CN2CCN(C(C)=O)CC2)NC(=O)N[C@@H]1c1ccc(OC)cc1. The number of hydrogen-bond acceptors (Lipinski definition) is 6. The summed E-state index contributed by atoms with van der Waals surface area (Å²) in [5.74, 6) is 0.267. The van der Waals surface area contributed by atoms with Gasteiger partial charge in [0.05, 0.1) is 25.3 Å². The molecule has 0 spiro atoms. The number of ether oxygens (including phenoxy) is 2. The summed E-state index contributed by atoms with van der Waals surface area (Å²) in [5, 5.41) is 5.62. The van der Waals surface area contributed by atoms with Gasteiger partial charge in [-0.3, -0.25) is 9.69 Å². The van der Waals surface area contributed by atoms with Crippen LogP contribution < -0.4 is 15.4 Å². The van der Waals surface area contributed by atoms with Crippen molar-refractivity contribution in [2.45, 2.75) is 19.9 Å². The van der Waals surface area contributed by atoms with Gasteiger partial charge in [0, 0.05) is 45.3 Å². The van der Waals surface area contributed by atoms with E-state index in [4.69, 9.17) is 9.47 Å². The fourth-order valence-electron chi connectivity index (χ4n) is 3.68. The second-order valence-corrected chi connectivity index (χ2v) is 7.20. The Kier molecular flexibility index (Phi) is 6.94. The molecule has 1 fully saturated rings. The topological polar surface area (TPSA) is 100 Å². The predicted molar refractivity (Wildman–Crippen MR) is 110 cm³/mol. The first kappa shape index (κ1) is 21.6. The number of esters is 1. The molecule has 3 amide bonds. The highest BCUT2D eigenvalue weighted by Gasteiger charge is 2.34. The molecule has 2 aliphatic rings. The molecule has 2 heterocycles. The lowest BCUT2D eigenvalue weighted by molar-refractivity contribution is -0.139. The maximum Gasteiger partial charge on any atom is 0.338 e. The van der Waals surface area contributed by atoms with Crippen LogP contribution in [0.5, 0.6) is 5.75 Å². The van der Waals surface area contributed by atoms with Gasteiger partial charge in [-0.1, -0.05) is 12.1 Å². The molecule has 0 unspecified atom stereocenters. The Morgan fingerprint density at radius 3 is 2.37 bits per heavy atom. The second kappa shape index (κ2) is 9.62. The molecule has 0 radical (unpaired) electrons. The number of hydrogen-bond donors (Lipinski definition) is 2. The van der Waals surface area contributed by atoms with E-state index in [0.717, 1.165) is 5.56 Å². The molecule has 1 saturated heterocycles. The molecule has 1 aromatic carbocycles. The van der Waals surface area contributed by atoms with Crippen molar-refractivity contribution in [2.75, 3.05) is 46.4 Å². The molecule has 2 aliphatic heterocycles. The minimum Gasteiger partial charge on any atom is -0.497 e. The maximum absolute atomic E-state index is 12.8. The van der Waals surface area contributed by atoms with Crippen LogP contribution in [0.25, 0.3) is 0 Å². The summed E-state index contributed by atoms with van der Waals surface area (Å²) in [5.41, 5.74) is 1.66. The largest absolute Gasteiger partial charge is 0.497 e. The maximum atomic E-state index is 12.8. The van der Waals surface area contributed by atoms with Gasteiger partial charge in [-0.15, -0.1) is 0 Å². The fourth-order valence-corrected chi connectivity index (χ4v) is 3.68. The number of methoxy groups -OCH3 is 1. The number of carbonyl (C=O) groups is 3. The van der Waals surface area contributed by atoms with Crippen LogP contribution in [-0.4, -0.2) is 74.1 Å². The molecule has 9 nitrogen and oxygen atoms in total. The first-order chi connectivity index (χ1) is 14.4. The van der Waals surface area contributed by atoms with Crippen LogP contribution in [0, 0.1) is 0 Å². The first-order valence-electron chi connectivity index (χ1n) is 10.0. The zero-order valence-electron chi connectivity index (χ0n) is 17.6. The Hall–Kier alpha value is -3.07. The quantitative estimate of drug-likeness (QED) is 0.672. The average Bonchev–Trinajstić information content (AvgIpc) is 2.74. The number of piperazine rings is 1. The number of nitrogens with zero attached hydrogens (tertiary/aromatic N) is 2. The monoisotopic (exact) mass is 416 g/mol. The van der Waals surface area contributed by atoms with Crippen LogP contribution in [0.4, 0.5) is 4.79 Å². The van der Waals surface area contributed by atoms with Crippen molar-refractivity contribution < 1.29 is 23.9 Å².